The van der Waals surface area contributed by atoms with E-state index in [1.165, 1.54) is 0 Å². The van der Waals surface area contributed by atoms with Crippen molar-refractivity contribution in [3.05, 3.63) is 157 Å². The van der Waals surface area contributed by atoms with E-state index >= 15 is 0 Å². The number of aryl methyl sites for hydroxylation is 1. The summed E-state index contributed by atoms with van der Waals surface area (Å²) in [7, 11) is 0. The largest absolute Gasteiger partial charge is 0.296 e. The van der Waals surface area contributed by atoms with Gasteiger partial charge < -0.3 is 0 Å². The molecular formula is C41H30N2. The molecule has 0 spiro atoms. The summed E-state index contributed by atoms with van der Waals surface area (Å²) >= 11 is 0. The van der Waals surface area contributed by atoms with Gasteiger partial charge in [0.05, 0.1) is 45.3 Å². The molecule has 0 N–H and O–H groups in total. The van der Waals surface area contributed by atoms with Crippen molar-refractivity contribution >= 4 is 32.6 Å². The summed E-state index contributed by atoms with van der Waals surface area (Å²) in [5.41, 5.74) is -5.74. The number of hydrogen-bond donors (Lipinski definition) is 0. The summed E-state index contributed by atoms with van der Waals surface area (Å²) in [5, 5.41) is -2.89. The number of para-hydroxylation sites is 2. The average Bonchev–Trinajstić information content (AvgIpc) is 3.70. The molecule has 0 saturated heterocycles. The maximum atomic E-state index is 9.94. The molecule has 0 aliphatic carbocycles. The molecule has 0 radical (unpaired) electrons. The maximum absolute atomic E-state index is 9.94. The first-order chi connectivity index (χ1) is 31.7. The van der Waals surface area contributed by atoms with E-state index in [1.54, 1.807) is 6.92 Å². The molecule has 0 bridgehead atoms. The molecule has 7 aromatic carbocycles. The second-order valence-electron chi connectivity index (χ2n) is 9.14. The fraction of sp³-hybridized carbons (Fsp3) is 0.0488. The molecule has 204 valence electrons. The normalized spacial score (nSPS) is 19.6. The Balaban J connectivity index is 1.69. The number of fused-ring (bicyclic) bond motifs is 3. The average molecular weight is 576 g/mol. The Kier molecular flexibility index (Phi) is 2.51. The molecule has 8 rings (SSSR count). The van der Waals surface area contributed by atoms with E-state index in [0.717, 1.165) is 4.57 Å². The van der Waals surface area contributed by atoms with Crippen molar-refractivity contribution in [1.82, 2.24) is 9.55 Å². The van der Waals surface area contributed by atoms with E-state index in [-0.39, 0.29) is 23.3 Å². The van der Waals surface area contributed by atoms with E-state index in [4.69, 9.17) is 21.9 Å². The standard InChI is InChI=1S/C41H30N2/c1-2-39-42-37-19-11-12-20-38(37)43(39)32-24-21-28(22-25-32)31-23-26-35-36(27-31)41(30-15-7-4-8-16-30)34-18-10-9-17-33(34)40(35)29-13-5-3-6-14-29/h3-27H,2H2,1H3/i3D,4D,5D,6D,7D,8D,9D,10D,11D,12D,13D,14D,15D,16D,17D,18D,19D,20D,21D,22D,23D,24D,25D,26D,27D. The summed E-state index contributed by atoms with van der Waals surface area (Å²) < 4.78 is 224. The van der Waals surface area contributed by atoms with Crippen LogP contribution in [-0.2, 0) is 6.42 Å². The van der Waals surface area contributed by atoms with Crippen LogP contribution in [-0.4, -0.2) is 9.55 Å². The van der Waals surface area contributed by atoms with Crippen molar-refractivity contribution in [2.24, 2.45) is 0 Å². The van der Waals surface area contributed by atoms with Gasteiger partial charge in [-0.25, -0.2) is 4.98 Å². The lowest BCUT2D eigenvalue weighted by Crippen LogP contribution is -1.99. The summed E-state index contributed by atoms with van der Waals surface area (Å²) in [5.74, 6) is 0.00180. The Morgan fingerprint density at radius 3 is 1.70 bits per heavy atom. The van der Waals surface area contributed by atoms with Gasteiger partial charge in [0.2, 0.25) is 0 Å². The molecule has 0 fully saturated rings. The minimum atomic E-state index is -1.05. The van der Waals surface area contributed by atoms with Crippen molar-refractivity contribution in [2.75, 3.05) is 0 Å². The van der Waals surface area contributed by atoms with Crippen molar-refractivity contribution in [2.45, 2.75) is 13.3 Å². The first-order valence-electron chi connectivity index (χ1n) is 25.4. The van der Waals surface area contributed by atoms with Crippen LogP contribution in [0.4, 0.5) is 0 Å². The van der Waals surface area contributed by atoms with Crippen molar-refractivity contribution in [3.8, 4) is 39.1 Å². The van der Waals surface area contributed by atoms with E-state index in [2.05, 4.69) is 4.98 Å². The minimum absolute atomic E-state index is 0.00180. The molecule has 1 aromatic heterocycles. The Labute approximate surface area is 286 Å². The van der Waals surface area contributed by atoms with E-state index in [9.17, 15) is 12.3 Å². The van der Waals surface area contributed by atoms with Crippen LogP contribution < -0.4 is 0 Å². The van der Waals surface area contributed by atoms with Crippen molar-refractivity contribution < 1.29 is 34.3 Å². The molecule has 43 heavy (non-hydrogen) atoms. The van der Waals surface area contributed by atoms with Crippen LogP contribution in [0.1, 0.15) is 47.0 Å². The number of aromatic nitrogens is 2. The highest BCUT2D eigenvalue weighted by Gasteiger charge is 2.17. The van der Waals surface area contributed by atoms with Crippen LogP contribution in [0.25, 0.3) is 71.6 Å². The third-order valence-corrected chi connectivity index (χ3v) is 6.77. The third-order valence-electron chi connectivity index (χ3n) is 6.77. The van der Waals surface area contributed by atoms with Gasteiger partial charge in [-0.15, -0.1) is 0 Å². The van der Waals surface area contributed by atoms with Crippen LogP contribution >= 0.6 is 0 Å². The first-order valence-corrected chi connectivity index (χ1v) is 12.9. The maximum Gasteiger partial charge on any atom is 0.114 e. The molecule has 0 aliphatic rings. The van der Waals surface area contributed by atoms with Gasteiger partial charge in [-0.3, -0.25) is 4.57 Å². The predicted octanol–water partition coefficient (Wildman–Crippen LogP) is 10.9. The van der Waals surface area contributed by atoms with E-state index in [1.807, 2.05) is 0 Å². The van der Waals surface area contributed by atoms with Crippen LogP contribution in [0, 0.1) is 0 Å². The lowest BCUT2D eigenvalue weighted by Gasteiger charge is -2.19. The van der Waals surface area contributed by atoms with Crippen LogP contribution in [0.2, 0.25) is 0 Å². The van der Waals surface area contributed by atoms with Gasteiger partial charge in [0, 0.05) is 12.1 Å². The minimum Gasteiger partial charge on any atom is -0.296 e. The lowest BCUT2D eigenvalue weighted by atomic mass is 9.85. The number of nitrogens with zero attached hydrogens (tertiary/aromatic N) is 2. The van der Waals surface area contributed by atoms with Crippen molar-refractivity contribution in [1.29, 1.82) is 0 Å². The predicted molar refractivity (Wildman–Crippen MR) is 182 cm³/mol. The highest BCUT2D eigenvalue weighted by atomic mass is 15.1. The molecule has 1 heterocycles. The highest BCUT2D eigenvalue weighted by molar-refractivity contribution is 6.21. The summed E-state index contributed by atoms with van der Waals surface area (Å²) in [6, 6.07) is -22.5. The Bertz CT molecular complexity index is 3580. The van der Waals surface area contributed by atoms with E-state index < -0.39 is 212 Å². The molecule has 2 heteroatoms. The number of hydrogen-bond acceptors (Lipinski definition) is 1. The van der Waals surface area contributed by atoms with Crippen LogP contribution in [0.15, 0.2) is 151 Å². The van der Waals surface area contributed by atoms with Gasteiger partial charge in [-0.1, -0.05) is 128 Å². The zero-order chi connectivity index (χ0) is 50.5. The number of rotatable bonds is 5. The number of benzene rings is 7. The quantitative estimate of drug-likeness (QED) is 0.187. The monoisotopic (exact) mass is 575 g/mol. The Hall–Kier alpha value is -5.47. The van der Waals surface area contributed by atoms with Gasteiger partial charge in [0.25, 0.3) is 0 Å². The van der Waals surface area contributed by atoms with Gasteiger partial charge in [-0.2, -0.15) is 0 Å². The molecule has 0 aliphatic heterocycles. The molecule has 0 atom stereocenters. The molecule has 2 nitrogen and oxygen atoms in total. The Morgan fingerprint density at radius 2 is 1.05 bits per heavy atom. The molecule has 8 aromatic rings. The fourth-order valence-corrected chi connectivity index (χ4v) is 4.96. The molecule has 0 unspecified atom stereocenters. The second-order valence-corrected chi connectivity index (χ2v) is 9.14. The highest BCUT2D eigenvalue weighted by Crippen LogP contribution is 2.44. The Morgan fingerprint density at radius 1 is 0.512 bits per heavy atom. The summed E-state index contributed by atoms with van der Waals surface area (Å²) in [6.07, 6.45) is 0.0141. The zero-order valence-electron chi connectivity index (χ0n) is 47.1. The van der Waals surface area contributed by atoms with Gasteiger partial charge in [0.15, 0.2) is 0 Å². The lowest BCUT2D eigenvalue weighted by molar-refractivity contribution is 0.908. The fourth-order valence-electron chi connectivity index (χ4n) is 4.96. The SMILES string of the molecule is [2H]c1c([2H])c([2H])c(-c2c3c([2H])c([2H])c([2H])c([2H])c3c(-c3c([2H])c([2H])c([2H])c([2H])c3[2H])c3c([2H])c(-c4c([2H])c([2H])c(-n5c(CC)nc6c([2H])c([2H])c([2H])c([2H])c65)c([2H])c4[2H])c([2H])c([2H])c23)c([2H])c1[2H]. The van der Waals surface area contributed by atoms with Crippen LogP contribution in [0.3, 0.4) is 0 Å². The molecular weight excluding hydrogens is 520 g/mol. The second kappa shape index (κ2) is 10.4. The summed E-state index contributed by atoms with van der Waals surface area (Å²) in [6.45, 7) is 1.60. The molecule has 0 saturated carbocycles. The number of imidazole rings is 1. The topological polar surface area (TPSA) is 17.8 Å². The van der Waals surface area contributed by atoms with E-state index in [0.29, 0.717) is 0 Å². The molecule has 0 amide bonds. The van der Waals surface area contributed by atoms with Gasteiger partial charge in [-0.05, 0) is 85.1 Å². The van der Waals surface area contributed by atoms with Gasteiger partial charge >= 0.3 is 0 Å². The zero-order valence-corrected chi connectivity index (χ0v) is 22.1. The van der Waals surface area contributed by atoms with Gasteiger partial charge in [0.1, 0.15) is 5.82 Å². The van der Waals surface area contributed by atoms with Crippen LogP contribution in [0.5, 0.6) is 0 Å². The van der Waals surface area contributed by atoms with Crippen molar-refractivity contribution in [3.63, 3.8) is 0 Å². The third kappa shape index (κ3) is 4.23. The smallest absolute Gasteiger partial charge is 0.114 e. The first kappa shape index (κ1) is 10.4. The summed E-state index contributed by atoms with van der Waals surface area (Å²) in [4.78, 5) is 4.34.